The summed E-state index contributed by atoms with van der Waals surface area (Å²) in [6.45, 7) is -1.65. The number of carbonyl (C=O) groups excluding carboxylic acids is 1. The Hall–Kier alpha value is -4.31. The summed E-state index contributed by atoms with van der Waals surface area (Å²) >= 11 is 0.682. The Morgan fingerprint density at radius 2 is 1.62 bits per heavy atom. The zero-order valence-corrected chi connectivity index (χ0v) is 25.1. The number of aromatic nitrogens is 3. The molecular weight excluding hydrogens is 686 g/mol. The maximum atomic E-state index is 14.2. The van der Waals surface area contributed by atoms with E-state index in [1.165, 1.54) is 12.1 Å². The van der Waals surface area contributed by atoms with Crippen LogP contribution in [-0.4, -0.2) is 70.7 Å². The van der Waals surface area contributed by atoms with E-state index in [2.05, 4.69) is 30.2 Å². The number of aliphatic hydroxyl groups excluding tert-OH is 1. The highest BCUT2D eigenvalue weighted by atomic mass is 32.2. The number of nitrogens with zero attached hydrogens (tertiary/aromatic N) is 4. The minimum atomic E-state index is -5.03. The zero-order chi connectivity index (χ0) is 34.2. The second-order valence-electron chi connectivity index (χ2n) is 9.85. The molecular formula is C26H22F6N6O7S2. The van der Waals surface area contributed by atoms with E-state index in [1.54, 1.807) is 0 Å². The molecule has 1 unspecified atom stereocenters. The van der Waals surface area contributed by atoms with Crippen molar-refractivity contribution in [1.29, 1.82) is 0 Å². The summed E-state index contributed by atoms with van der Waals surface area (Å²) in [5.74, 6) is -2.15. The number of hydrogen-bond acceptors (Lipinski definition) is 11. The monoisotopic (exact) mass is 708 g/mol. The smallest absolute Gasteiger partial charge is 0.406 e. The van der Waals surface area contributed by atoms with Gasteiger partial charge in [-0.1, -0.05) is 23.5 Å². The van der Waals surface area contributed by atoms with E-state index in [1.807, 2.05) is 0 Å². The van der Waals surface area contributed by atoms with Gasteiger partial charge in [-0.15, -0.1) is 26.3 Å². The second kappa shape index (κ2) is 12.7. The fraction of sp³-hybridized carbons (Fsp3) is 0.308. The third-order valence-electron chi connectivity index (χ3n) is 6.77. The normalized spacial score (nSPS) is 17.9. The largest absolute Gasteiger partial charge is 0.573 e. The summed E-state index contributed by atoms with van der Waals surface area (Å²) in [4.78, 5) is 29.6. The Labute approximate surface area is 264 Å². The lowest BCUT2D eigenvalue weighted by molar-refractivity contribution is -0.275. The van der Waals surface area contributed by atoms with E-state index in [0.29, 0.717) is 16.9 Å². The van der Waals surface area contributed by atoms with E-state index in [4.69, 9.17) is 0 Å². The number of sulfonamides is 1. The molecule has 3 heterocycles. The molecule has 1 saturated heterocycles. The van der Waals surface area contributed by atoms with Crippen LogP contribution in [0.25, 0.3) is 4.96 Å². The van der Waals surface area contributed by atoms with Gasteiger partial charge in [0.05, 0.1) is 17.2 Å². The molecule has 1 aliphatic rings. The van der Waals surface area contributed by atoms with Crippen molar-refractivity contribution in [2.45, 2.75) is 36.3 Å². The van der Waals surface area contributed by atoms with Crippen LogP contribution in [0.3, 0.4) is 0 Å². The molecule has 0 saturated carbocycles. The first-order chi connectivity index (χ1) is 22.0. The van der Waals surface area contributed by atoms with Crippen molar-refractivity contribution in [2.24, 2.45) is 0 Å². The van der Waals surface area contributed by atoms with Crippen LogP contribution in [0, 0.1) is 0 Å². The standard InChI is InChI=1S/C26H22F6N6O7S2/c27-25(28,29)44-17-3-1-15(2-4-17)12-34-21(41)24(22-36-38-16(13-39)11-20(40)35-23(38)46-22)14-33-9-10-37(24)47(42,43)19-7-5-18(6-8-19)45-26(30,31)32/h1-8,11,33,39H,9-10,12-14H2,(H,34,41). The second-order valence-corrected chi connectivity index (χ2v) is 12.7. The van der Waals surface area contributed by atoms with Gasteiger partial charge in [-0.05, 0) is 42.0 Å². The Morgan fingerprint density at radius 3 is 2.19 bits per heavy atom. The van der Waals surface area contributed by atoms with Gasteiger partial charge in [0.2, 0.25) is 20.9 Å². The molecule has 1 fully saturated rings. The molecule has 252 valence electrons. The van der Waals surface area contributed by atoms with Crippen molar-refractivity contribution in [3.05, 3.63) is 81.2 Å². The first-order valence-corrected chi connectivity index (χ1v) is 15.5. The highest BCUT2D eigenvalue weighted by molar-refractivity contribution is 7.89. The molecule has 13 nitrogen and oxygen atoms in total. The topological polar surface area (TPSA) is 164 Å². The Balaban J connectivity index is 1.57. The fourth-order valence-corrected chi connectivity index (χ4v) is 7.64. The highest BCUT2D eigenvalue weighted by Gasteiger charge is 2.55. The van der Waals surface area contributed by atoms with Crippen molar-refractivity contribution in [2.75, 3.05) is 19.6 Å². The number of alkyl halides is 6. The van der Waals surface area contributed by atoms with Crippen LogP contribution in [-0.2, 0) is 33.5 Å². The number of carbonyl (C=O) groups is 1. The molecule has 0 radical (unpaired) electrons. The van der Waals surface area contributed by atoms with Gasteiger partial charge >= 0.3 is 12.7 Å². The number of aliphatic hydroxyl groups is 1. The number of ether oxygens (including phenoxy) is 2. The summed E-state index contributed by atoms with van der Waals surface area (Å²) in [7, 11) is -4.69. The van der Waals surface area contributed by atoms with Crippen LogP contribution in [0.15, 0.2) is 64.3 Å². The average molecular weight is 709 g/mol. The molecule has 4 aromatic rings. The summed E-state index contributed by atoms with van der Waals surface area (Å²) in [5, 5.41) is 19.5. The molecule has 47 heavy (non-hydrogen) atoms. The molecule has 0 aliphatic carbocycles. The number of rotatable bonds is 9. The summed E-state index contributed by atoms with van der Waals surface area (Å²) in [6, 6.07) is 8.83. The predicted octanol–water partition coefficient (Wildman–Crippen LogP) is 2.25. The quantitative estimate of drug-likeness (QED) is 0.220. The Morgan fingerprint density at radius 1 is 1.02 bits per heavy atom. The first kappa shape index (κ1) is 34.0. The van der Waals surface area contributed by atoms with E-state index < -0.39 is 62.8 Å². The number of halogens is 6. The molecule has 0 bridgehead atoms. The van der Waals surface area contributed by atoms with E-state index in [0.717, 1.165) is 51.3 Å². The number of piperazine rings is 1. The summed E-state index contributed by atoms with van der Waals surface area (Å²) < 4.78 is 114. The minimum Gasteiger partial charge on any atom is -0.406 e. The lowest BCUT2D eigenvalue weighted by Crippen LogP contribution is -2.66. The van der Waals surface area contributed by atoms with Crippen LogP contribution in [0.5, 0.6) is 11.5 Å². The first-order valence-electron chi connectivity index (χ1n) is 13.3. The van der Waals surface area contributed by atoms with Gasteiger partial charge in [-0.2, -0.15) is 14.4 Å². The molecule has 3 N–H and O–H groups in total. The van der Waals surface area contributed by atoms with Crippen LogP contribution >= 0.6 is 11.3 Å². The van der Waals surface area contributed by atoms with E-state index in [9.17, 15) is 49.5 Å². The van der Waals surface area contributed by atoms with Crippen LogP contribution in [0.4, 0.5) is 26.3 Å². The number of fused-ring (bicyclic) bond motifs is 1. The molecule has 0 spiro atoms. The van der Waals surface area contributed by atoms with Crippen LogP contribution in [0.1, 0.15) is 16.3 Å². The van der Waals surface area contributed by atoms with Gasteiger partial charge in [-0.25, -0.2) is 12.9 Å². The number of benzene rings is 2. The molecule has 2 aromatic carbocycles. The van der Waals surface area contributed by atoms with Gasteiger partial charge in [0.1, 0.15) is 16.5 Å². The van der Waals surface area contributed by atoms with E-state index in [-0.39, 0.29) is 41.8 Å². The summed E-state index contributed by atoms with van der Waals surface area (Å²) in [6.07, 6.45) is -9.96. The lowest BCUT2D eigenvalue weighted by atomic mass is 9.96. The van der Waals surface area contributed by atoms with Crippen LogP contribution in [0.2, 0.25) is 0 Å². The van der Waals surface area contributed by atoms with E-state index >= 15 is 0 Å². The van der Waals surface area contributed by atoms with Gasteiger partial charge < -0.3 is 25.2 Å². The average Bonchev–Trinajstić information content (AvgIpc) is 3.43. The maximum absolute atomic E-state index is 14.2. The highest BCUT2D eigenvalue weighted by Crippen LogP contribution is 2.38. The maximum Gasteiger partial charge on any atom is 0.573 e. The van der Waals surface area contributed by atoms with Gasteiger partial charge in [0.25, 0.3) is 5.56 Å². The Bertz CT molecular complexity index is 1930. The minimum absolute atomic E-state index is 0.0161. The zero-order valence-electron chi connectivity index (χ0n) is 23.5. The number of hydrogen-bond donors (Lipinski definition) is 3. The van der Waals surface area contributed by atoms with Gasteiger partial charge in [0.15, 0.2) is 5.54 Å². The molecule has 1 atom stereocenters. The molecule has 1 aliphatic heterocycles. The lowest BCUT2D eigenvalue weighted by Gasteiger charge is -2.43. The SMILES string of the molecule is O=C(NCc1ccc(OC(F)(F)F)cc1)C1(c2nn3c(CO)cc(=O)nc3s2)CNCCN1S(=O)(=O)c1ccc(OC(F)(F)F)cc1. The number of amides is 1. The van der Waals surface area contributed by atoms with Crippen molar-refractivity contribution in [1.82, 2.24) is 29.5 Å². The van der Waals surface area contributed by atoms with Gasteiger partial charge in [-0.3, -0.25) is 9.59 Å². The van der Waals surface area contributed by atoms with Crippen LogP contribution < -0.4 is 25.7 Å². The van der Waals surface area contributed by atoms with Crippen molar-refractivity contribution in [3.63, 3.8) is 0 Å². The van der Waals surface area contributed by atoms with Gasteiger partial charge in [0, 0.05) is 32.2 Å². The molecule has 5 rings (SSSR count). The molecule has 2 aromatic heterocycles. The fourth-order valence-electron chi connectivity index (χ4n) is 4.76. The van der Waals surface area contributed by atoms with Crippen molar-refractivity contribution in [3.8, 4) is 11.5 Å². The molecule has 21 heteroatoms. The van der Waals surface area contributed by atoms with Crippen molar-refractivity contribution < 1.29 is 54.1 Å². The molecule has 1 amide bonds. The van der Waals surface area contributed by atoms with Crippen molar-refractivity contribution >= 4 is 32.2 Å². The number of nitrogens with one attached hydrogen (secondary N) is 2. The summed E-state index contributed by atoms with van der Waals surface area (Å²) in [5.41, 5.74) is -2.66. The predicted molar refractivity (Wildman–Crippen MR) is 150 cm³/mol. The third-order valence-corrected chi connectivity index (χ3v) is 9.77. The Kier molecular flexibility index (Phi) is 9.21. The third kappa shape index (κ3) is 7.32.